The molecule has 0 radical (unpaired) electrons. The zero-order valence-electron chi connectivity index (χ0n) is 16.9. The SMILES string of the molecule is CCOc1ncccc1-c1cc(NCc2ccn[nH]2)c2c(cnn2[C@H](C)CC)n1. The molecule has 0 saturated carbocycles. The van der Waals surface area contributed by atoms with Crippen molar-refractivity contribution in [3.63, 3.8) is 0 Å². The molecule has 4 aromatic rings. The predicted octanol–water partition coefficient (Wildman–Crippen LogP) is 4.20. The minimum atomic E-state index is 0.269. The Bertz CT molecular complexity index is 1090. The number of pyridine rings is 2. The molecular weight excluding hydrogens is 366 g/mol. The van der Waals surface area contributed by atoms with Crippen molar-refractivity contribution in [3.8, 4) is 17.1 Å². The molecule has 0 aliphatic heterocycles. The summed E-state index contributed by atoms with van der Waals surface area (Å²) in [5.74, 6) is 0.579. The third-order valence-electron chi connectivity index (χ3n) is 4.92. The van der Waals surface area contributed by atoms with Gasteiger partial charge in [0.25, 0.3) is 0 Å². The fraction of sp³-hybridized carbons (Fsp3) is 0.333. The van der Waals surface area contributed by atoms with Crippen molar-refractivity contribution in [1.29, 1.82) is 0 Å². The molecule has 4 aromatic heterocycles. The van der Waals surface area contributed by atoms with Gasteiger partial charge in [-0.25, -0.2) is 9.97 Å². The number of hydrogen-bond donors (Lipinski definition) is 2. The average Bonchev–Trinajstić information content (AvgIpc) is 3.42. The Morgan fingerprint density at radius 3 is 2.90 bits per heavy atom. The molecule has 2 N–H and O–H groups in total. The maximum Gasteiger partial charge on any atom is 0.222 e. The van der Waals surface area contributed by atoms with E-state index in [0.29, 0.717) is 19.0 Å². The molecule has 0 aliphatic rings. The molecule has 0 amide bonds. The summed E-state index contributed by atoms with van der Waals surface area (Å²) in [7, 11) is 0. The van der Waals surface area contributed by atoms with Crippen molar-refractivity contribution < 1.29 is 4.74 Å². The number of aromatic nitrogens is 6. The van der Waals surface area contributed by atoms with Crippen LogP contribution >= 0.6 is 0 Å². The Labute approximate surface area is 169 Å². The predicted molar refractivity (Wildman–Crippen MR) is 113 cm³/mol. The van der Waals surface area contributed by atoms with E-state index < -0.39 is 0 Å². The van der Waals surface area contributed by atoms with E-state index in [-0.39, 0.29) is 6.04 Å². The number of nitrogens with zero attached hydrogens (tertiary/aromatic N) is 5. The summed E-state index contributed by atoms with van der Waals surface area (Å²) in [5.41, 5.74) is 5.44. The summed E-state index contributed by atoms with van der Waals surface area (Å²) in [4.78, 5) is 9.24. The van der Waals surface area contributed by atoms with Gasteiger partial charge in [-0.1, -0.05) is 6.92 Å². The van der Waals surface area contributed by atoms with Crippen LogP contribution in [0, 0.1) is 0 Å². The largest absolute Gasteiger partial charge is 0.477 e. The Morgan fingerprint density at radius 2 is 2.14 bits per heavy atom. The lowest BCUT2D eigenvalue weighted by Crippen LogP contribution is -2.09. The van der Waals surface area contributed by atoms with Crippen molar-refractivity contribution in [2.24, 2.45) is 0 Å². The summed E-state index contributed by atoms with van der Waals surface area (Å²) in [6.45, 7) is 7.43. The van der Waals surface area contributed by atoms with Crippen molar-refractivity contribution in [1.82, 2.24) is 29.9 Å². The van der Waals surface area contributed by atoms with Crippen molar-refractivity contribution in [2.45, 2.75) is 39.8 Å². The second-order valence-corrected chi connectivity index (χ2v) is 6.86. The van der Waals surface area contributed by atoms with Gasteiger partial charge in [-0.05, 0) is 44.5 Å². The van der Waals surface area contributed by atoms with Crippen LogP contribution in [0.3, 0.4) is 0 Å². The fourth-order valence-electron chi connectivity index (χ4n) is 3.25. The average molecular weight is 391 g/mol. The highest BCUT2D eigenvalue weighted by Crippen LogP contribution is 2.33. The molecule has 0 bridgehead atoms. The quantitative estimate of drug-likeness (QED) is 0.468. The molecule has 8 heteroatoms. The van der Waals surface area contributed by atoms with Gasteiger partial charge in [-0.15, -0.1) is 0 Å². The highest BCUT2D eigenvalue weighted by molar-refractivity contribution is 5.91. The molecule has 0 aromatic carbocycles. The topological polar surface area (TPSA) is 93.5 Å². The Morgan fingerprint density at radius 1 is 1.24 bits per heavy atom. The van der Waals surface area contributed by atoms with E-state index in [1.165, 1.54) is 0 Å². The zero-order chi connectivity index (χ0) is 20.2. The van der Waals surface area contributed by atoms with Gasteiger partial charge in [0.15, 0.2) is 0 Å². The fourth-order valence-corrected chi connectivity index (χ4v) is 3.25. The van der Waals surface area contributed by atoms with E-state index >= 15 is 0 Å². The number of ether oxygens (including phenoxy) is 1. The van der Waals surface area contributed by atoms with E-state index in [9.17, 15) is 0 Å². The summed E-state index contributed by atoms with van der Waals surface area (Å²) in [6, 6.07) is 8.13. The van der Waals surface area contributed by atoms with Crippen LogP contribution in [-0.2, 0) is 6.54 Å². The Hall–Kier alpha value is -3.42. The first kappa shape index (κ1) is 18.9. The number of hydrogen-bond acceptors (Lipinski definition) is 6. The molecule has 0 fully saturated rings. The van der Waals surface area contributed by atoms with Gasteiger partial charge in [-0.3, -0.25) is 9.78 Å². The van der Waals surface area contributed by atoms with Gasteiger partial charge < -0.3 is 10.1 Å². The molecule has 0 unspecified atom stereocenters. The van der Waals surface area contributed by atoms with E-state index in [0.717, 1.165) is 40.1 Å². The summed E-state index contributed by atoms with van der Waals surface area (Å²) in [5, 5.41) is 15.1. The number of anilines is 1. The minimum absolute atomic E-state index is 0.269. The van der Waals surface area contributed by atoms with Crippen LogP contribution in [-0.4, -0.2) is 36.6 Å². The number of rotatable bonds is 8. The minimum Gasteiger partial charge on any atom is -0.477 e. The molecule has 0 aliphatic carbocycles. The maximum atomic E-state index is 5.72. The number of fused-ring (bicyclic) bond motifs is 1. The van der Waals surface area contributed by atoms with Crippen LogP contribution < -0.4 is 10.1 Å². The van der Waals surface area contributed by atoms with Gasteiger partial charge in [0.1, 0.15) is 11.0 Å². The first-order valence-electron chi connectivity index (χ1n) is 9.89. The van der Waals surface area contributed by atoms with Gasteiger partial charge in [0, 0.05) is 18.4 Å². The first-order valence-corrected chi connectivity index (χ1v) is 9.89. The molecule has 150 valence electrons. The number of aromatic amines is 1. The molecule has 29 heavy (non-hydrogen) atoms. The van der Waals surface area contributed by atoms with Gasteiger partial charge in [0.2, 0.25) is 5.88 Å². The highest BCUT2D eigenvalue weighted by atomic mass is 16.5. The summed E-state index contributed by atoms with van der Waals surface area (Å²) in [6.07, 6.45) is 6.28. The lowest BCUT2D eigenvalue weighted by molar-refractivity contribution is 0.328. The maximum absolute atomic E-state index is 5.72. The van der Waals surface area contributed by atoms with Gasteiger partial charge >= 0.3 is 0 Å². The molecule has 0 spiro atoms. The van der Waals surface area contributed by atoms with Gasteiger partial charge in [-0.2, -0.15) is 10.2 Å². The van der Waals surface area contributed by atoms with Gasteiger partial charge in [0.05, 0.1) is 42.0 Å². The van der Waals surface area contributed by atoms with Crippen LogP contribution in [0.2, 0.25) is 0 Å². The van der Waals surface area contributed by atoms with Crippen LogP contribution in [0.25, 0.3) is 22.3 Å². The molecule has 0 saturated heterocycles. The number of H-pyrrole nitrogens is 1. The molecule has 4 heterocycles. The zero-order valence-corrected chi connectivity index (χ0v) is 16.9. The molecule has 8 nitrogen and oxygen atoms in total. The van der Waals surface area contributed by atoms with Crippen LogP contribution in [0.1, 0.15) is 38.9 Å². The molecule has 1 atom stereocenters. The van der Waals surface area contributed by atoms with Crippen molar-refractivity contribution in [3.05, 3.63) is 48.5 Å². The number of nitrogens with one attached hydrogen (secondary N) is 2. The highest BCUT2D eigenvalue weighted by Gasteiger charge is 2.17. The molecule has 4 rings (SSSR count). The van der Waals surface area contributed by atoms with E-state index in [1.807, 2.05) is 42.1 Å². The normalized spacial score (nSPS) is 12.2. The van der Waals surface area contributed by atoms with Crippen LogP contribution in [0.5, 0.6) is 5.88 Å². The van der Waals surface area contributed by atoms with Crippen molar-refractivity contribution >= 4 is 16.7 Å². The standard InChI is InChI=1S/C21H25N7O/c1-4-14(3)28-20-18(23-12-15-8-10-24-27-15)11-17(26-19(20)13-25-28)16-7-6-9-22-21(16)29-5-2/h6-11,13-14H,4-5,12H2,1-3H3,(H,23,26)(H,24,27)/t14-/m1/s1. The van der Waals surface area contributed by atoms with E-state index in [2.05, 4.69) is 39.4 Å². The molecular formula is C21H25N7O. The lowest BCUT2D eigenvalue weighted by Gasteiger charge is -2.16. The third-order valence-corrected chi connectivity index (χ3v) is 4.92. The van der Waals surface area contributed by atoms with E-state index in [1.54, 1.807) is 12.4 Å². The van der Waals surface area contributed by atoms with Crippen LogP contribution in [0.4, 0.5) is 5.69 Å². The van der Waals surface area contributed by atoms with Crippen molar-refractivity contribution in [2.75, 3.05) is 11.9 Å². The van der Waals surface area contributed by atoms with Crippen LogP contribution in [0.15, 0.2) is 42.9 Å². The second kappa shape index (κ2) is 8.30. The third kappa shape index (κ3) is 3.78. The van der Waals surface area contributed by atoms with E-state index in [4.69, 9.17) is 9.72 Å². The smallest absolute Gasteiger partial charge is 0.222 e. The monoisotopic (exact) mass is 391 g/mol. The lowest BCUT2D eigenvalue weighted by atomic mass is 10.1. The second-order valence-electron chi connectivity index (χ2n) is 6.86. The summed E-state index contributed by atoms with van der Waals surface area (Å²) < 4.78 is 7.75. The summed E-state index contributed by atoms with van der Waals surface area (Å²) >= 11 is 0. The Balaban J connectivity index is 1.83. The first-order chi connectivity index (χ1) is 14.2. The Kier molecular flexibility index (Phi) is 5.41.